The van der Waals surface area contributed by atoms with Crippen molar-refractivity contribution < 1.29 is 19.1 Å². The number of methoxy groups -OCH3 is 1. The van der Waals surface area contributed by atoms with Crippen LogP contribution in [0.5, 0.6) is 5.75 Å². The normalized spacial score (nSPS) is 19.0. The number of halogens is 1. The van der Waals surface area contributed by atoms with Crippen LogP contribution in [0.3, 0.4) is 0 Å². The molecule has 0 unspecified atom stereocenters. The van der Waals surface area contributed by atoms with Crippen LogP contribution >= 0.6 is 11.6 Å². The van der Waals surface area contributed by atoms with Gasteiger partial charge in [0.2, 0.25) is 5.91 Å². The standard InChI is InChI=1S/C19H18ClN3O4/c1-19(14-5-3-4-6-15(14)20)17(25)23(18(26)22-19)11-16(24)21-12-7-9-13(27-2)10-8-12/h3-10H,11H2,1-2H3,(H,21,24)(H,22,26)/t19-/m0/s1. The van der Waals surface area contributed by atoms with Gasteiger partial charge in [0.1, 0.15) is 17.8 Å². The van der Waals surface area contributed by atoms with Gasteiger partial charge in [0, 0.05) is 16.3 Å². The summed E-state index contributed by atoms with van der Waals surface area (Å²) in [6.45, 7) is 1.16. The van der Waals surface area contributed by atoms with Gasteiger partial charge in [0.15, 0.2) is 0 Å². The lowest BCUT2D eigenvalue weighted by molar-refractivity contribution is -0.133. The highest BCUT2D eigenvalue weighted by molar-refractivity contribution is 6.32. The summed E-state index contributed by atoms with van der Waals surface area (Å²) in [6.07, 6.45) is 0. The van der Waals surface area contributed by atoms with Gasteiger partial charge in [-0.25, -0.2) is 4.79 Å². The van der Waals surface area contributed by atoms with E-state index in [0.29, 0.717) is 22.0 Å². The van der Waals surface area contributed by atoms with E-state index in [0.717, 1.165) is 4.90 Å². The molecule has 1 atom stereocenters. The topological polar surface area (TPSA) is 87.7 Å². The molecule has 0 bridgehead atoms. The molecule has 1 saturated heterocycles. The van der Waals surface area contributed by atoms with E-state index in [1.54, 1.807) is 62.6 Å². The van der Waals surface area contributed by atoms with Crippen LogP contribution < -0.4 is 15.4 Å². The Labute approximate surface area is 161 Å². The highest BCUT2D eigenvalue weighted by Crippen LogP contribution is 2.33. The van der Waals surface area contributed by atoms with Crippen molar-refractivity contribution in [2.45, 2.75) is 12.5 Å². The molecule has 0 aliphatic carbocycles. The van der Waals surface area contributed by atoms with Crippen molar-refractivity contribution in [1.82, 2.24) is 10.2 Å². The van der Waals surface area contributed by atoms with Gasteiger partial charge in [-0.15, -0.1) is 0 Å². The van der Waals surface area contributed by atoms with Gasteiger partial charge < -0.3 is 15.4 Å². The van der Waals surface area contributed by atoms with Crippen LogP contribution in [0.15, 0.2) is 48.5 Å². The SMILES string of the molecule is COc1ccc(NC(=O)CN2C(=O)N[C@@](C)(c3ccccc3Cl)C2=O)cc1. The molecular formula is C19H18ClN3O4. The zero-order valence-electron chi connectivity index (χ0n) is 14.8. The van der Waals surface area contributed by atoms with Crippen LogP contribution in [0.2, 0.25) is 5.02 Å². The zero-order chi connectivity index (χ0) is 19.6. The highest BCUT2D eigenvalue weighted by atomic mass is 35.5. The molecular weight excluding hydrogens is 370 g/mol. The smallest absolute Gasteiger partial charge is 0.325 e. The second kappa shape index (κ2) is 7.28. The number of hydrogen-bond donors (Lipinski definition) is 2. The van der Waals surface area contributed by atoms with Crippen molar-refractivity contribution in [3.8, 4) is 5.75 Å². The van der Waals surface area contributed by atoms with E-state index in [-0.39, 0.29) is 0 Å². The summed E-state index contributed by atoms with van der Waals surface area (Å²) in [5.41, 5.74) is -0.319. The molecule has 1 fully saturated rings. The van der Waals surface area contributed by atoms with Gasteiger partial charge >= 0.3 is 6.03 Å². The van der Waals surface area contributed by atoms with Crippen LogP contribution in [0.4, 0.5) is 10.5 Å². The maximum Gasteiger partial charge on any atom is 0.325 e. The molecule has 0 aromatic heterocycles. The summed E-state index contributed by atoms with van der Waals surface area (Å²) in [5.74, 6) is -0.379. The molecule has 2 aromatic carbocycles. The summed E-state index contributed by atoms with van der Waals surface area (Å²) in [7, 11) is 1.54. The minimum Gasteiger partial charge on any atom is -0.497 e. The number of urea groups is 1. The van der Waals surface area contributed by atoms with Crippen LogP contribution in [0, 0.1) is 0 Å². The average molecular weight is 388 g/mol. The predicted molar refractivity (Wildman–Crippen MR) is 101 cm³/mol. The van der Waals surface area contributed by atoms with Crippen molar-refractivity contribution >= 4 is 35.1 Å². The molecule has 1 aliphatic rings. The van der Waals surface area contributed by atoms with Crippen molar-refractivity contribution in [3.05, 3.63) is 59.1 Å². The van der Waals surface area contributed by atoms with E-state index in [9.17, 15) is 14.4 Å². The molecule has 1 aliphatic heterocycles. The number of imide groups is 1. The average Bonchev–Trinajstić information content (AvgIpc) is 2.86. The van der Waals surface area contributed by atoms with Gasteiger partial charge in [-0.2, -0.15) is 0 Å². The maximum absolute atomic E-state index is 12.8. The number of carbonyl (C=O) groups is 3. The fourth-order valence-corrected chi connectivity index (χ4v) is 3.23. The summed E-state index contributed by atoms with van der Waals surface area (Å²) in [5, 5.41) is 5.63. The summed E-state index contributed by atoms with van der Waals surface area (Å²) < 4.78 is 5.06. The molecule has 3 rings (SSSR count). The van der Waals surface area contributed by atoms with Gasteiger partial charge in [0.05, 0.1) is 7.11 Å². The van der Waals surface area contributed by atoms with E-state index in [4.69, 9.17) is 16.3 Å². The van der Waals surface area contributed by atoms with E-state index in [1.807, 2.05) is 0 Å². The number of amides is 4. The van der Waals surface area contributed by atoms with E-state index >= 15 is 0 Å². The van der Waals surface area contributed by atoms with Crippen LogP contribution in [0.25, 0.3) is 0 Å². The zero-order valence-corrected chi connectivity index (χ0v) is 15.5. The molecule has 2 aromatic rings. The summed E-state index contributed by atoms with van der Waals surface area (Å²) in [4.78, 5) is 38.3. The monoisotopic (exact) mass is 387 g/mol. The number of carbonyl (C=O) groups excluding carboxylic acids is 3. The largest absolute Gasteiger partial charge is 0.497 e. The van der Waals surface area contributed by atoms with Crippen LogP contribution in [-0.4, -0.2) is 36.4 Å². The fraction of sp³-hybridized carbons (Fsp3) is 0.211. The Balaban J connectivity index is 1.73. The minimum absolute atomic E-state index is 0.359. The van der Waals surface area contributed by atoms with E-state index < -0.39 is 29.9 Å². The number of ether oxygens (including phenoxy) is 1. The quantitative estimate of drug-likeness (QED) is 0.772. The first kappa shape index (κ1) is 18.7. The number of rotatable bonds is 5. The third-order valence-corrected chi connectivity index (χ3v) is 4.69. The second-order valence-corrected chi connectivity index (χ2v) is 6.61. The Morgan fingerprint density at radius 1 is 1.19 bits per heavy atom. The maximum atomic E-state index is 12.8. The van der Waals surface area contributed by atoms with Gasteiger partial charge in [-0.3, -0.25) is 14.5 Å². The Kier molecular flexibility index (Phi) is 5.05. The first-order valence-corrected chi connectivity index (χ1v) is 8.56. The first-order chi connectivity index (χ1) is 12.8. The Hall–Kier alpha value is -3.06. The molecule has 0 saturated carbocycles. The summed E-state index contributed by atoms with van der Waals surface area (Å²) >= 11 is 6.18. The first-order valence-electron chi connectivity index (χ1n) is 8.18. The Morgan fingerprint density at radius 3 is 2.48 bits per heavy atom. The lowest BCUT2D eigenvalue weighted by Crippen LogP contribution is -2.42. The highest BCUT2D eigenvalue weighted by Gasteiger charge is 2.50. The molecule has 0 spiro atoms. The number of benzene rings is 2. The number of nitrogens with one attached hydrogen (secondary N) is 2. The molecule has 0 radical (unpaired) electrons. The van der Waals surface area contributed by atoms with E-state index in [1.165, 1.54) is 0 Å². The predicted octanol–water partition coefficient (Wildman–Crippen LogP) is 2.75. The molecule has 4 amide bonds. The van der Waals surface area contributed by atoms with Crippen molar-refractivity contribution in [1.29, 1.82) is 0 Å². The fourth-order valence-electron chi connectivity index (χ4n) is 2.91. The van der Waals surface area contributed by atoms with Crippen LogP contribution in [0.1, 0.15) is 12.5 Å². The third kappa shape index (κ3) is 3.59. The third-order valence-electron chi connectivity index (χ3n) is 4.36. The minimum atomic E-state index is -1.32. The Morgan fingerprint density at radius 2 is 1.85 bits per heavy atom. The summed E-state index contributed by atoms with van der Waals surface area (Å²) in [6, 6.07) is 12.8. The molecule has 27 heavy (non-hydrogen) atoms. The lowest BCUT2D eigenvalue weighted by Gasteiger charge is -2.23. The lowest BCUT2D eigenvalue weighted by atomic mass is 9.92. The molecule has 140 valence electrons. The Bertz CT molecular complexity index is 900. The van der Waals surface area contributed by atoms with Gasteiger partial charge in [0.25, 0.3) is 5.91 Å². The number of nitrogens with zero attached hydrogens (tertiary/aromatic N) is 1. The molecule has 1 heterocycles. The molecule has 2 N–H and O–H groups in total. The molecule has 8 heteroatoms. The number of hydrogen-bond acceptors (Lipinski definition) is 4. The molecule has 7 nitrogen and oxygen atoms in total. The van der Waals surface area contributed by atoms with Crippen molar-refractivity contribution in [3.63, 3.8) is 0 Å². The second-order valence-electron chi connectivity index (χ2n) is 6.20. The van der Waals surface area contributed by atoms with Gasteiger partial charge in [-0.05, 0) is 37.3 Å². The van der Waals surface area contributed by atoms with E-state index in [2.05, 4.69) is 10.6 Å². The van der Waals surface area contributed by atoms with Crippen LogP contribution in [-0.2, 0) is 15.1 Å². The number of anilines is 1. The van der Waals surface area contributed by atoms with Gasteiger partial charge in [-0.1, -0.05) is 29.8 Å². The van der Waals surface area contributed by atoms with Crippen molar-refractivity contribution in [2.24, 2.45) is 0 Å². The van der Waals surface area contributed by atoms with Crippen molar-refractivity contribution in [2.75, 3.05) is 19.0 Å².